The number of rotatable bonds is 9. The number of aliphatic carboxylic acids is 1. The molecule has 0 unspecified atom stereocenters. The van der Waals surface area contributed by atoms with E-state index in [9.17, 15) is 19.2 Å². The van der Waals surface area contributed by atoms with Gasteiger partial charge in [0.1, 0.15) is 12.3 Å². The molecule has 0 aromatic heterocycles. The lowest BCUT2D eigenvalue weighted by molar-refractivity contribution is -0.138. The van der Waals surface area contributed by atoms with Crippen LogP contribution in [0.1, 0.15) is 43.5 Å². The Kier molecular flexibility index (Phi) is 6.92. The fourth-order valence-corrected chi connectivity index (χ4v) is 2.85. The van der Waals surface area contributed by atoms with Crippen molar-refractivity contribution in [1.82, 2.24) is 4.90 Å². The molecule has 0 radical (unpaired) electrons. The summed E-state index contributed by atoms with van der Waals surface area (Å²) in [5.74, 6) is -1.35. The first-order valence-corrected chi connectivity index (χ1v) is 8.97. The topological polar surface area (TPSA) is 104 Å². The number of hydrogen-bond donors (Lipinski definition) is 1. The van der Waals surface area contributed by atoms with Crippen molar-refractivity contribution in [3.05, 3.63) is 23.8 Å². The van der Waals surface area contributed by atoms with Gasteiger partial charge in [-0.25, -0.2) is 0 Å². The SMILES string of the molecule is CCCN(CCC(=O)O)C(=O)CN1C(=O)COc2ccc(C(=O)CC)cc21. The van der Waals surface area contributed by atoms with Crippen molar-refractivity contribution >= 4 is 29.3 Å². The van der Waals surface area contributed by atoms with E-state index in [1.165, 1.54) is 9.80 Å². The Morgan fingerprint density at radius 2 is 1.96 bits per heavy atom. The summed E-state index contributed by atoms with van der Waals surface area (Å²) in [5.41, 5.74) is 0.830. The van der Waals surface area contributed by atoms with Crippen molar-refractivity contribution in [3.63, 3.8) is 0 Å². The number of ether oxygens (including phenoxy) is 1. The quantitative estimate of drug-likeness (QED) is 0.658. The highest BCUT2D eigenvalue weighted by Crippen LogP contribution is 2.33. The largest absolute Gasteiger partial charge is 0.482 e. The molecule has 0 saturated carbocycles. The van der Waals surface area contributed by atoms with E-state index in [1.807, 2.05) is 6.92 Å². The maximum atomic E-state index is 12.7. The van der Waals surface area contributed by atoms with Crippen LogP contribution in [0.25, 0.3) is 0 Å². The van der Waals surface area contributed by atoms with Gasteiger partial charge in [0.2, 0.25) is 5.91 Å². The van der Waals surface area contributed by atoms with Crippen LogP contribution in [0.2, 0.25) is 0 Å². The zero-order valence-corrected chi connectivity index (χ0v) is 15.6. The molecule has 0 spiro atoms. The van der Waals surface area contributed by atoms with Gasteiger partial charge in [0.25, 0.3) is 5.91 Å². The molecule has 8 nitrogen and oxygen atoms in total. The van der Waals surface area contributed by atoms with E-state index >= 15 is 0 Å². The second-order valence-electron chi connectivity index (χ2n) is 6.25. The molecule has 0 aliphatic carbocycles. The zero-order chi connectivity index (χ0) is 20.0. The molecule has 27 heavy (non-hydrogen) atoms. The van der Waals surface area contributed by atoms with Crippen LogP contribution in [0.4, 0.5) is 5.69 Å². The average Bonchev–Trinajstić information content (AvgIpc) is 2.66. The fourth-order valence-electron chi connectivity index (χ4n) is 2.85. The summed E-state index contributed by atoms with van der Waals surface area (Å²) in [5, 5.41) is 8.86. The third-order valence-corrected chi connectivity index (χ3v) is 4.28. The molecule has 1 N–H and O–H groups in total. The van der Waals surface area contributed by atoms with Crippen LogP contribution in [0.5, 0.6) is 5.75 Å². The number of ketones is 1. The van der Waals surface area contributed by atoms with E-state index in [4.69, 9.17) is 9.84 Å². The summed E-state index contributed by atoms with van der Waals surface area (Å²) in [7, 11) is 0. The predicted octanol–water partition coefficient (Wildman–Crippen LogP) is 1.72. The molecule has 1 aromatic carbocycles. The lowest BCUT2D eigenvalue weighted by atomic mass is 10.1. The van der Waals surface area contributed by atoms with Crippen molar-refractivity contribution < 1.29 is 29.0 Å². The minimum atomic E-state index is -0.987. The number of carboxylic acid groups (broad SMARTS) is 1. The first-order chi connectivity index (χ1) is 12.9. The number of hydrogen-bond acceptors (Lipinski definition) is 5. The molecule has 0 bridgehead atoms. The number of carbonyl (C=O) groups excluding carboxylic acids is 3. The number of nitrogens with zero attached hydrogens (tertiary/aromatic N) is 2. The van der Waals surface area contributed by atoms with E-state index in [1.54, 1.807) is 25.1 Å². The molecule has 8 heteroatoms. The Bertz CT molecular complexity index is 746. The number of anilines is 1. The highest BCUT2D eigenvalue weighted by Gasteiger charge is 2.29. The molecule has 2 amide bonds. The Labute approximate surface area is 157 Å². The van der Waals surface area contributed by atoms with Crippen LogP contribution < -0.4 is 9.64 Å². The minimum absolute atomic E-state index is 0.0730. The van der Waals surface area contributed by atoms with Crippen molar-refractivity contribution in [3.8, 4) is 5.75 Å². The van der Waals surface area contributed by atoms with E-state index in [0.29, 0.717) is 36.4 Å². The van der Waals surface area contributed by atoms with Crippen molar-refractivity contribution in [2.24, 2.45) is 0 Å². The number of benzene rings is 1. The summed E-state index contributed by atoms with van der Waals surface area (Å²) in [6.45, 7) is 3.71. The van der Waals surface area contributed by atoms with Crippen molar-refractivity contribution in [1.29, 1.82) is 0 Å². The second-order valence-corrected chi connectivity index (χ2v) is 6.25. The highest BCUT2D eigenvalue weighted by molar-refractivity contribution is 6.04. The third-order valence-electron chi connectivity index (χ3n) is 4.28. The van der Waals surface area contributed by atoms with Gasteiger partial charge in [0.15, 0.2) is 12.4 Å². The van der Waals surface area contributed by atoms with Crippen molar-refractivity contribution in [2.75, 3.05) is 31.1 Å². The fraction of sp³-hybridized carbons (Fsp3) is 0.474. The summed E-state index contributed by atoms with van der Waals surface area (Å²) in [6.07, 6.45) is 0.842. The molecular formula is C19H24N2O6. The van der Waals surface area contributed by atoms with Crippen LogP contribution in [0.15, 0.2) is 18.2 Å². The number of carboxylic acids is 1. The summed E-state index contributed by atoms with van der Waals surface area (Å²) >= 11 is 0. The van der Waals surface area contributed by atoms with Gasteiger partial charge in [-0.1, -0.05) is 13.8 Å². The highest BCUT2D eigenvalue weighted by atomic mass is 16.5. The second kappa shape index (κ2) is 9.16. The lowest BCUT2D eigenvalue weighted by Gasteiger charge is -2.31. The smallest absolute Gasteiger partial charge is 0.305 e. The number of carbonyl (C=O) groups is 4. The monoisotopic (exact) mass is 376 g/mol. The zero-order valence-electron chi connectivity index (χ0n) is 15.6. The molecule has 1 aliphatic heterocycles. The summed E-state index contributed by atoms with van der Waals surface area (Å²) in [4.78, 5) is 50.6. The Morgan fingerprint density at radius 3 is 2.59 bits per heavy atom. The maximum absolute atomic E-state index is 12.7. The maximum Gasteiger partial charge on any atom is 0.305 e. The van der Waals surface area contributed by atoms with Gasteiger partial charge < -0.3 is 14.7 Å². The van der Waals surface area contributed by atoms with Crippen LogP contribution in [-0.2, 0) is 14.4 Å². The van der Waals surface area contributed by atoms with Crippen LogP contribution in [0, 0.1) is 0 Å². The normalized spacial score (nSPS) is 13.0. The van der Waals surface area contributed by atoms with Gasteiger partial charge >= 0.3 is 5.97 Å². The molecule has 1 aromatic rings. The number of Topliss-reactive ketones (excluding diaryl/α,β-unsaturated/α-hetero) is 1. The number of fused-ring (bicyclic) bond motifs is 1. The first-order valence-electron chi connectivity index (χ1n) is 8.97. The molecule has 0 atom stereocenters. The molecule has 146 valence electrons. The van der Waals surface area contributed by atoms with Gasteiger partial charge in [-0.15, -0.1) is 0 Å². The Hall–Kier alpha value is -2.90. The van der Waals surface area contributed by atoms with E-state index in [0.717, 1.165) is 0 Å². The first kappa shape index (κ1) is 20.4. The Balaban J connectivity index is 2.24. The van der Waals surface area contributed by atoms with E-state index in [-0.39, 0.29) is 43.7 Å². The summed E-state index contributed by atoms with van der Waals surface area (Å²) in [6, 6.07) is 4.82. The predicted molar refractivity (Wildman–Crippen MR) is 98.0 cm³/mol. The standard InChI is InChI=1S/C19H24N2O6/c1-3-8-20(9-7-19(25)26)17(23)11-21-14-10-13(15(22)4-2)5-6-16(14)27-12-18(21)24/h5-6,10H,3-4,7-9,11-12H2,1-2H3,(H,25,26). The molecule has 0 fully saturated rings. The van der Waals surface area contributed by atoms with Gasteiger partial charge in [0, 0.05) is 25.1 Å². The van der Waals surface area contributed by atoms with Crippen LogP contribution in [0.3, 0.4) is 0 Å². The van der Waals surface area contributed by atoms with Crippen LogP contribution >= 0.6 is 0 Å². The molecule has 2 rings (SSSR count). The van der Waals surface area contributed by atoms with Gasteiger partial charge in [-0.3, -0.25) is 24.1 Å². The molecule has 1 heterocycles. The van der Waals surface area contributed by atoms with Crippen LogP contribution in [-0.4, -0.2) is 59.8 Å². The lowest BCUT2D eigenvalue weighted by Crippen LogP contribution is -2.47. The average molecular weight is 376 g/mol. The summed E-state index contributed by atoms with van der Waals surface area (Å²) < 4.78 is 5.40. The van der Waals surface area contributed by atoms with Gasteiger partial charge in [-0.05, 0) is 24.6 Å². The molecular weight excluding hydrogens is 352 g/mol. The molecule has 0 saturated heterocycles. The van der Waals surface area contributed by atoms with E-state index < -0.39 is 5.97 Å². The minimum Gasteiger partial charge on any atom is -0.482 e. The third kappa shape index (κ3) is 5.06. The number of amides is 2. The molecule has 1 aliphatic rings. The Morgan fingerprint density at radius 1 is 1.22 bits per heavy atom. The van der Waals surface area contributed by atoms with Crippen molar-refractivity contribution in [2.45, 2.75) is 33.1 Å². The van der Waals surface area contributed by atoms with E-state index in [2.05, 4.69) is 0 Å². The van der Waals surface area contributed by atoms with Gasteiger partial charge in [0.05, 0.1) is 12.1 Å². The van der Waals surface area contributed by atoms with Gasteiger partial charge in [-0.2, -0.15) is 0 Å².